The van der Waals surface area contributed by atoms with Gasteiger partial charge in [0.15, 0.2) is 7.05 Å². The molecule has 0 aliphatic rings. The fourth-order valence-corrected chi connectivity index (χ4v) is 4.16. The maximum absolute atomic E-state index is 4.34. The molecule has 150 valence electrons. The van der Waals surface area contributed by atoms with Crippen LogP contribution in [0.2, 0.25) is 0 Å². The maximum atomic E-state index is 4.34. The first-order valence-electron chi connectivity index (χ1n) is 10.5. The molecular weight excluding hydrogens is 378 g/mol. The molecule has 0 atom stereocenters. The topological polar surface area (TPSA) is 21.7 Å². The fraction of sp³-hybridized carbons (Fsp3) is 0.0714. The minimum atomic E-state index is 1.08. The first-order chi connectivity index (χ1) is 15.2. The zero-order valence-electron chi connectivity index (χ0n) is 17.7. The number of nitrogens with zero attached hydrogens (tertiary/aromatic N) is 3. The van der Waals surface area contributed by atoms with Crippen molar-refractivity contribution < 1.29 is 4.68 Å². The molecule has 0 amide bonds. The number of pyridine rings is 1. The zero-order valence-corrected chi connectivity index (χ0v) is 17.7. The lowest BCUT2D eigenvalue weighted by Crippen LogP contribution is -2.37. The van der Waals surface area contributed by atoms with Crippen LogP contribution in [0.15, 0.2) is 110 Å². The van der Waals surface area contributed by atoms with Gasteiger partial charge in [-0.25, -0.2) is 0 Å². The minimum absolute atomic E-state index is 1.08. The van der Waals surface area contributed by atoms with Gasteiger partial charge >= 0.3 is 0 Å². The molecule has 3 nitrogen and oxygen atoms in total. The van der Waals surface area contributed by atoms with Crippen molar-refractivity contribution in [3.63, 3.8) is 0 Å². The summed E-state index contributed by atoms with van der Waals surface area (Å²) in [7, 11) is 2.07. The smallest absolute Gasteiger partial charge is 0.203 e. The van der Waals surface area contributed by atoms with E-state index in [1.165, 1.54) is 38.9 Å². The van der Waals surface area contributed by atoms with E-state index < -0.39 is 0 Å². The van der Waals surface area contributed by atoms with Gasteiger partial charge in [0.2, 0.25) is 6.20 Å². The molecular formula is C28H24N3+. The summed E-state index contributed by atoms with van der Waals surface area (Å²) in [5.74, 6) is 0. The highest BCUT2D eigenvalue weighted by atomic mass is 15.4. The Kier molecular flexibility index (Phi) is 4.93. The summed E-state index contributed by atoms with van der Waals surface area (Å²) < 4.78 is 4.28. The molecule has 0 fully saturated rings. The van der Waals surface area contributed by atoms with Crippen LogP contribution in [-0.2, 0) is 7.05 Å². The Morgan fingerprint density at radius 2 is 1.32 bits per heavy atom. The van der Waals surface area contributed by atoms with E-state index >= 15 is 0 Å². The van der Waals surface area contributed by atoms with Crippen molar-refractivity contribution in [3.8, 4) is 39.1 Å². The quantitative estimate of drug-likeness (QED) is 0.338. The molecule has 0 N–H and O–H groups in total. The van der Waals surface area contributed by atoms with E-state index in [1.54, 1.807) is 0 Å². The highest BCUT2D eigenvalue weighted by molar-refractivity contribution is 5.94. The number of benzene rings is 3. The van der Waals surface area contributed by atoms with E-state index in [0.717, 1.165) is 5.69 Å². The van der Waals surface area contributed by atoms with Gasteiger partial charge in [0, 0.05) is 11.8 Å². The highest BCUT2D eigenvalue weighted by Crippen LogP contribution is 2.39. The van der Waals surface area contributed by atoms with Gasteiger partial charge in [0.1, 0.15) is 5.69 Å². The largest absolute Gasteiger partial charge is 0.262 e. The number of rotatable bonds is 4. The molecule has 3 heteroatoms. The number of aryl methyl sites for hydroxylation is 2. The lowest BCUT2D eigenvalue weighted by Gasteiger charge is -2.14. The predicted octanol–water partition coefficient (Wildman–Crippen LogP) is 6.01. The van der Waals surface area contributed by atoms with Crippen LogP contribution in [0.4, 0.5) is 0 Å². The molecule has 31 heavy (non-hydrogen) atoms. The summed E-state index contributed by atoms with van der Waals surface area (Å²) in [5, 5.41) is 0. The van der Waals surface area contributed by atoms with Gasteiger partial charge < -0.3 is 0 Å². The van der Waals surface area contributed by atoms with E-state index in [-0.39, 0.29) is 0 Å². The summed E-state index contributed by atoms with van der Waals surface area (Å²) in [5.41, 5.74) is 9.54. The second-order valence-electron chi connectivity index (χ2n) is 7.75. The van der Waals surface area contributed by atoms with Crippen LogP contribution >= 0.6 is 0 Å². The summed E-state index contributed by atoms with van der Waals surface area (Å²) in [6, 6.07) is 29.8. The van der Waals surface area contributed by atoms with Gasteiger partial charge in [0.25, 0.3) is 0 Å². The van der Waals surface area contributed by atoms with Crippen molar-refractivity contribution in [3.05, 3.63) is 115 Å². The molecule has 0 unspecified atom stereocenters. The second kappa shape index (κ2) is 8.04. The Balaban J connectivity index is 1.77. The number of hydrogen-bond acceptors (Lipinski definition) is 1. The van der Waals surface area contributed by atoms with Crippen molar-refractivity contribution in [2.24, 2.45) is 7.05 Å². The summed E-state index contributed by atoms with van der Waals surface area (Å²) in [6.07, 6.45) is 8.15. The first kappa shape index (κ1) is 19.0. The van der Waals surface area contributed by atoms with Crippen molar-refractivity contribution >= 4 is 0 Å². The van der Waals surface area contributed by atoms with E-state index in [4.69, 9.17) is 0 Å². The van der Waals surface area contributed by atoms with Gasteiger partial charge in [0.05, 0.1) is 18.0 Å². The zero-order chi connectivity index (χ0) is 21.2. The van der Waals surface area contributed by atoms with Crippen molar-refractivity contribution in [2.75, 3.05) is 0 Å². The molecule has 2 heterocycles. The lowest BCUT2D eigenvalue weighted by molar-refractivity contribution is -0.744. The standard InChI is InChI=1S/C28H24N3/c1-21-16-17-29-18-27(21)31-20-24(19-30(31)2)28-25(22-10-5-3-6-11-22)14-9-15-26(28)23-12-7-4-8-13-23/h3-20H,1-2H3/q+1. The molecule has 2 aromatic heterocycles. The van der Waals surface area contributed by atoms with E-state index in [9.17, 15) is 0 Å². The third-order valence-corrected chi connectivity index (χ3v) is 5.71. The van der Waals surface area contributed by atoms with Gasteiger partial charge in [-0.05, 0) is 40.8 Å². The lowest BCUT2D eigenvalue weighted by atomic mass is 9.89. The highest BCUT2D eigenvalue weighted by Gasteiger charge is 2.20. The molecule has 0 spiro atoms. The summed E-state index contributed by atoms with van der Waals surface area (Å²) in [4.78, 5) is 4.34. The predicted molar refractivity (Wildman–Crippen MR) is 126 cm³/mol. The monoisotopic (exact) mass is 402 g/mol. The minimum Gasteiger partial charge on any atom is -0.262 e. The van der Waals surface area contributed by atoms with Crippen LogP contribution in [0.25, 0.3) is 39.1 Å². The van der Waals surface area contributed by atoms with Crippen LogP contribution in [0.5, 0.6) is 0 Å². The van der Waals surface area contributed by atoms with Gasteiger partial charge in [-0.3, -0.25) is 4.98 Å². The van der Waals surface area contributed by atoms with E-state index in [0.29, 0.717) is 0 Å². The van der Waals surface area contributed by atoms with Gasteiger partial charge in [-0.2, -0.15) is 0 Å². The molecule has 3 aromatic carbocycles. The fourth-order valence-electron chi connectivity index (χ4n) is 4.16. The molecule has 0 saturated heterocycles. The molecule has 0 aliphatic carbocycles. The third kappa shape index (κ3) is 3.55. The molecule has 0 aliphatic heterocycles. The average Bonchev–Trinajstić information content (AvgIpc) is 3.21. The van der Waals surface area contributed by atoms with E-state index in [1.807, 2.05) is 18.5 Å². The number of aromatic nitrogens is 3. The second-order valence-corrected chi connectivity index (χ2v) is 7.75. The molecule has 5 aromatic rings. The Labute approximate surface area is 182 Å². The number of hydrogen-bond donors (Lipinski definition) is 0. The normalized spacial score (nSPS) is 10.9. The van der Waals surface area contributed by atoms with Crippen LogP contribution in [0.3, 0.4) is 0 Å². The Morgan fingerprint density at radius 3 is 1.90 bits per heavy atom. The first-order valence-corrected chi connectivity index (χ1v) is 10.5. The van der Waals surface area contributed by atoms with Crippen LogP contribution in [-0.4, -0.2) is 9.67 Å². The third-order valence-electron chi connectivity index (χ3n) is 5.71. The van der Waals surface area contributed by atoms with Gasteiger partial charge in [-0.1, -0.05) is 78.9 Å². The molecule has 0 bridgehead atoms. The van der Waals surface area contributed by atoms with Crippen LogP contribution < -0.4 is 4.68 Å². The summed E-state index contributed by atoms with van der Waals surface area (Å²) >= 11 is 0. The molecule has 0 saturated carbocycles. The SMILES string of the molecule is Cc1ccncc1-n1cc(-c2c(-c3ccccc3)cccc2-c2ccccc2)c[n+]1C. The molecule has 5 rings (SSSR count). The Hall–Kier alpha value is -3.98. The van der Waals surface area contributed by atoms with Crippen molar-refractivity contribution in [1.82, 2.24) is 9.67 Å². The Bertz CT molecular complexity index is 1280. The Morgan fingerprint density at radius 1 is 0.710 bits per heavy atom. The summed E-state index contributed by atoms with van der Waals surface area (Å²) in [6.45, 7) is 2.12. The van der Waals surface area contributed by atoms with Crippen molar-refractivity contribution in [1.29, 1.82) is 0 Å². The van der Waals surface area contributed by atoms with Crippen LogP contribution in [0, 0.1) is 6.92 Å². The average molecular weight is 403 g/mol. The van der Waals surface area contributed by atoms with Crippen molar-refractivity contribution in [2.45, 2.75) is 6.92 Å². The maximum Gasteiger partial charge on any atom is 0.203 e. The molecule has 0 radical (unpaired) electrons. The van der Waals surface area contributed by atoms with Gasteiger partial charge in [-0.15, -0.1) is 9.36 Å². The van der Waals surface area contributed by atoms with E-state index in [2.05, 4.69) is 120 Å². The van der Waals surface area contributed by atoms with Crippen LogP contribution in [0.1, 0.15) is 5.56 Å².